The Bertz CT molecular complexity index is 851. The monoisotopic (exact) mass is 398 g/mol. The highest BCUT2D eigenvalue weighted by Crippen LogP contribution is 2.16. The lowest BCUT2D eigenvalue weighted by Gasteiger charge is -2.19. The van der Waals surface area contributed by atoms with Gasteiger partial charge in [-0.1, -0.05) is 68.4 Å². The van der Waals surface area contributed by atoms with E-state index in [4.69, 9.17) is 10.5 Å². The van der Waals surface area contributed by atoms with Crippen molar-refractivity contribution in [3.8, 4) is 0 Å². The van der Waals surface area contributed by atoms with E-state index in [-0.39, 0.29) is 24.7 Å². The summed E-state index contributed by atoms with van der Waals surface area (Å²) in [5, 5.41) is 11.9. The predicted molar refractivity (Wildman–Crippen MR) is 108 cm³/mol. The molecule has 0 heterocycles. The molecule has 7 heteroatoms. The molecule has 2 rings (SSSR count). The summed E-state index contributed by atoms with van der Waals surface area (Å²) in [6.07, 6.45) is -0.911. The van der Waals surface area contributed by atoms with Gasteiger partial charge >= 0.3 is 12.1 Å². The van der Waals surface area contributed by atoms with Crippen LogP contribution in [0.5, 0.6) is 0 Å². The number of nitrogens with two attached hydrogens (primary N) is 1. The highest BCUT2D eigenvalue weighted by atomic mass is 16.5. The molecule has 1 amide bonds. The Morgan fingerprint density at radius 2 is 1.66 bits per heavy atom. The van der Waals surface area contributed by atoms with E-state index in [1.807, 2.05) is 32.0 Å². The molecule has 7 nitrogen and oxygen atoms in total. The average molecular weight is 398 g/mol. The number of ether oxygens (including phenoxy) is 1. The van der Waals surface area contributed by atoms with Crippen molar-refractivity contribution in [3.63, 3.8) is 0 Å². The molecular weight excluding hydrogens is 372 g/mol. The van der Waals surface area contributed by atoms with Gasteiger partial charge in [0.1, 0.15) is 12.6 Å². The molecule has 0 unspecified atom stereocenters. The van der Waals surface area contributed by atoms with Gasteiger partial charge in [-0.2, -0.15) is 0 Å². The molecule has 4 N–H and O–H groups in total. The minimum atomic E-state index is -1.25. The first-order valence-electron chi connectivity index (χ1n) is 9.37. The number of amides is 1. The molecule has 0 spiro atoms. The van der Waals surface area contributed by atoms with Gasteiger partial charge in [0.15, 0.2) is 5.78 Å². The zero-order valence-electron chi connectivity index (χ0n) is 16.5. The average Bonchev–Trinajstić information content (AvgIpc) is 2.71. The molecule has 0 aliphatic rings. The van der Waals surface area contributed by atoms with Crippen molar-refractivity contribution in [2.75, 3.05) is 0 Å². The van der Waals surface area contributed by atoms with Crippen molar-refractivity contribution in [1.29, 1.82) is 0 Å². The number of benzene rings is 2. The number of carbonyl (C=O) groups is 3. The Labute approximate surface area is 169 Å². The van der Waals surface area contributed by atoms with Gasteiger partial charge in [0, 0.05) is 12.0 Å². The van der Waals surface area contributed by atoms with Gasteiger partial charge in [-0.25, -0.2) is 9.59 Å². The Kier molecular flexibility index (Phi) is 7.91. The summed E-state index contributed by atoms with van der Waals surface area (Å²) < 4.78 is 5.09. The van der Waals surface area contributed by atoms with E-state index in [0.29, 0.717) is 11.1 Å². The quantitative estimate of drug-likeness (QED) is 0.559. The molecule has 154 valence electrons. The summed E-state index contributed by atoms with van der Waals surface area (Å²) >= 11 is 0. The van der Waals surface area contributed by atoms with Gasteiger partial charge in [0.05, 0.1) is 6.04 Å². The summed E-state index contributed by atoms with van der Waals surface area (Å²) in [6, 6.07) is 13.8. The fourth-order valence-electron chi connectivity index (χ4n) is 2.75. The van der Waals surface area contributed by atoms with E-state index in [1.165, 1.54) is 0 Å². The molecule has 0 fully saturated rings. The fourth-order valence-corrected chi connectivity index (χ4v) is 2.75. The van der Waals surface area contributed by atoms with E-state index in [2.05, 4.69) is 5.32 Å². The molecule has 2 aromatic carbocycles. The van der Waals surface area contributed by atoms with Crippen LogP contribution in [0.4, 0.5) is 4.79 Å². The molecule has 0 saturated heterocycles. The number of carbonyl (C=O) groups excluding carboxylic acids is 2. The number of nitrogens with one attached hydrogen (secondary N) is 1. The first-order valence-corrected chi connectivity index (χ1v) is 9.37. The second-order valence-corrected chi connectivity index (χ2v) is 7.09. The Balaban J connectivity index is 2.08. The number of rotatable bonds is 9. The number of ketones is 1. The highest BCUT2D eigenvalue weighted by Gasteiger charge is 2.26. The third-order valence-corrected chi connectivity index (χ3v) is 4.53. The lowest BCUT2D eigenvalue weighted by atomic mass is 9.91. The summed E-state index contributed by atoms with van der Waals surface area (Å²) in [6.45, 7) is 3.71. The number of hydrogen-bond donors (Lipinski definition) is 3. The van der Waals surface area contributed by atoms with E-state index in [1.54, 1.807) is 36.4 Å². The van der Waals surface area contributed by atoms with Crippen LogP contribution in [-0.2, 0) is 22.6 Å². The lowest BCUT2D eigenvalue weighted by Crippen LogP contribution is -2.43. The van der Waals surface area contributed by atoms with Crippen molar-refractivity contribution in [3.05, 3.63) is 71.3 Å². The Morgan fingerprint density at radius 1 is 1.03 bits per heavy atom. The summed E-state index contributed by atoms with van der Waals surface area (Å²) in [5.41, 5.74) is 7.62. The second-order valence-electron chi connectivity index (χ2n) is 7.09. The third kappa shape index (κ3) is 6.43. The minimum absolute atomic E-state index is 0.0251. The van der Waals surface area contributed by atoms with Crippen molar-refractivity contribution >= 4 is 17.8 Å². The molecule has 0 saturated carbocycles. The normalized spacial score (nSPS) is 12.8. The number of carboxylic acid groups (broad SMARTS) is 1. The maximum atomic E-state index is 12.7. The second kappa shape index (κ2) is 10.4. The van der Waals surface area contributed by atoms with E-state index in [0.717, 1.165) is 5.56 Å². The van der Waals surface area contributed by atoms with Crippen molar-refractivity contribution in [2.45, 2.75) is 39.0 Å². The number of aliphatic carboxylic acids is 1. The molecule has 2 aromatic rings. The Hall–Kier alpha value is -3.19. The van der Waals surface area contributed by atoms with Gasteiger partial charge < -0.3 is 20.9 Å². The predicted octanol–water partition coefficient (Wildman–Crippen LogP) is 2.77. The summed E-state index contributed by atoms with van der Waals surface area (Å²) in [5.74, 6) is -1.54. The van der Waals surface area contributed by atoms with Crippen LogP contribution >= 0.6 is 0 Å². The molecule has 0 bridgehead atoms. The van der Waals surface area contributed by atoms with E-state index >= 15 is 0 Å². The molecule has 29 heavy (non-hydrogen) atoms. The molecular formula is C22H26N2O5. The number of Topliss-reactive ketones (excluding diaryl/α,β-unsaturated/α-hetero) is 1. The van der Waals surface area contributed by atoms with Crippen LogP contribution in [0.1, 0.15) is 35.3 Å². The third-order valence-electron chi connectivity index (χ3n) is 4.53. The van der Waals surface area contributed by atoms with Crippen LogP contribution in [0, 0.1) is 5.92 Å². The van der Waals surface area contributed by atoms with Gasteiger partial charge in [0.25, 0.3) is 0 Å². The fraction of sp³-hybridized carbons (Fsp3) is 0.318. The van der Waals surface area contributed by atoms with Crippen LogP contribution in [0.2, 0.25) is 0 Å². The topological polar surface area (TPSA) is 119 Å². The number of alkyl carbamates (subject to hydrolysis) is 1. The lowest BCUT2D eigenvalue weighted by molar-refractivity contribution is -0.139. The SMILES string of the molecule is CC(C)[C@H](N)C(=O)c1ccccc1C[C@H](NC(=O)OCc1ccccc1)C(=O)O. The van der Waals surface area contributed by atoms with E-state index in [9.17, 15) is 19.5 Å². The molecule has 0 aliphatic carbocycles. The Morgan fingerprint density at radius 3 is 2.28 bits per heavy atom. The van der Waals surface area contributed by atoms with Gasteiger partial charge in [-0.05, 0) is 17.0 Å². The molecule has 0 aromatic heterocycles. The maximum Gasteiger partial charge on any atom is 0.408 e. The van der Waals surface area contributed by atoms with Crippen LogP contribution in [0.25, 0.3) is 0 Å². The highest BCUT2D eigenvalue weighted by molar-refractivity contribution is 6.01. The van der Waals surface area contributed by atoms with Gasteiger partial charge in [-0.15, -0.1) is 0 Å². The van der Waals surface area contributed by atoms with E-state index < -0.39 is 24.1 Å². The minimum Gasteiger partial charge on any atom is -0.480 e. The molecule has 0 radical (unpaired) electrons. The van der Waals surface area contributed by atoms with Crippen molar-refractivity contribution in [1.82, 2.24) is 5.32 Å². The zero-order valence-corrected chi connectivity index (χ0v) is 16.5. The van der Waals surface area contributed by atoms with Crippen molar-refractivity contribution in [2.24, 2.45) is 11.7 Å². The first-order chi connectivity index (χ1) is 13.8. The van der Waals surface area contributed by atoms with Crippen molar-refractivity contribution < 1.29 is 24.2 Å². The van der Waals surface area contributed by atoms with Crippen LogP contribution in [0.15, 0.2) is 54.6 Å². The number of carboxylic acids is 1. The smallest absolute Gasteiger partial charge is 0.408 e. The zero-order chi connectivity index (χ0) is 21.4. The molecule has 2 atom stereocenters. The molecule has 0 aliphatic heterocycles. The maximum absolute atomic E-state index is 12.7. The summed E-state index contributed by atoms with van der Waals surface area (Å²) in [4.78, 5) is 36.4. The van der Waals surface area contributed by atoms with Crippen LogP contribution in [0.3, 0.4) is 0 Å². The number of hydrogen-bond acceptors (Lipinski definition) is 5. The largest absolute Gasteiger partial charge is 0.480 e. The van der Waals surface area contributed by atoms with Gasteiger partial charge in [-0.3, -0.25) is 4.79 Å². The van der Waals surface area contributed by atoms with Crippen LogP contribution in [-0.4, -0.2) is 35.0 Å². The summed E-state index contributed by atoms with van der Waals surface area (Å²) in [7, 11) is 0. The first kappa shape index (κ1) is 22.1. The van der Waals surface area contributed by atoms with Gasteiger partial charge in [0.2, 0.25) is 0 Å². The van der Waals surface area contributed by atoms with Crippen LogP contribution < -0.4 is 11.1 Å². The standard InChI is InChI=1S/C22H26N2O5/c1-14(2)19(23)20(25)17-11-7-6-10-16(17)12-18(21(26)27)24-22(28)29-13-15-8-4-3-5-9-15/h3-11,14,18-19H,12-13,23H2,1-2H3,(H,24,28)(H,26,27)/t18-,19-/m0/s1.